The second kappa shape index (κ2) is 3.96. The molecule has 0 aliphatic heterocycles. The fourth-order valence-corrected chi connectivity index (χ4v) is 1.43. The zero-order valence-electron chi connectivity index (χ0n) is 7.29. The Morgan fingerprint density at radius 3 is 2.69 bits per heavy atom. The van der Waals surface area contributed by atoms with Crippen LogP contribution in [0.3, 0.4) is 0 Å². The number of phenols is 1. The minimum atomic E-state index is -0.632. The maximum absolute atomic E-state index is 9.60. The molecule has 0 heterocycles. The number of rotatable bonds is 2. The Morgan fingerprint density at radius 2 is 2.15 bits per heavy atom. The van der Waals surface area contributed by atoms with Gasteiger partial charge in [0.15, 0.2) is 0 Å². The molecular formula is C9H12ClNO2. The summed E-state index contributed by atoms with van der Waals surface area (Å²) in [5, 5.41) is 18.8. The van der Waals surface area contributed by atoms with Gasteiger partial charge < -0.3 is 15.9 Å². The Labute approximate surface area is 81.8 Å². The molecule has 0 aliphatic carbocycles. The first-order valence-electron chi connectivity index (χ1n) is 3.92. The van der Waals surface area contributed by atoms with Gasteiger partial charge >= 0.3 is 0 Å². The Balaban J connectivity index is 3.25. The topological polar surface area (TPSA) is 66.5 Å². The van der Waals surface area contributed by atoms with Crippen molar-refractivity contribution in [2.24, 2.45) is 5.73 Å². The van der Waals surface area contributed by atoms with Crippen molar-refractivity contribution in [1.82, 2.24) is 0 Å². The number of aliphatic hydroxyl groups excluding tert-OH is 1. The van der Waals surface area contributed by atoms with E-state index >= 15 is 0 Å². The van der Waals surface area contributed by atoms with E-state index in [4.69, 9.17) is 22.4 Å². The summed E-state index contributed by atoms with van der Waals surface area (Å²) in [7, 11) is 0. The van der Waals surface area contributed by atoms with Crippen LogP contribution in [0, 0.1) is 6.92 Å². The predicted octanol–water partition coefficient (Wildman–Crippen LogP) is 1.35. The van der Waals surface area contributed by atoms with Crippen molar-refractivity contribution in [3.05, 3.63) is 28.3 Å². The van der Waals surface area contributed by atoms with Gasteiger partial charge in [0.2, 0.25) is 0 Å². The molecule has 4 heteroatoms. The van der Waals surface area contributed by atoms with Gasteiger partial charge in [-0.25, -0.2) is 0 Å². The first-order chi connectivity index (χ1) is 6.07. The van der Waals surface area contributed by atoms with Crippen LogP contribution in [0.4, 0.5) is 0 Å². The highest BCUT2D eigenvalue weighted by Gasteiger charge is 2.15. The number of hydrogen-bond acceptors (Lipinski definition) is 3. The average molecular weight is 202 g/mol. The molecule has 3 nitrogen and oxygen atoms in total. The van der Waals surface area contributed by atoms with Gasteiger partial charge in [0, 0.05) is 10.6 Å². The third-order valence-corrected chi connectivity index (χ3v) is 2.26. The molecule has 0 amide bonds. The molecule has 0 unspecified atom stereocenters. The Morgan fingerprint density at radius 1 is 1.54 bits per heavy atom. The highest BCUT2D eigenvalue weighted by Crippen LogP contribution is 2.32. The van der Waals surface area contributed by atoms with E-state index in [0.717, 1.165) is 0 Å². The molecule has 13 heavy (non-hydrogen) atoms. The van der Waals surface area contributed by atoms with Crippen molar-refractivity contribution < 1.29 is 10.2 Å². The number of hydrogen-bond donors (Lipinski definition) is 3. The Hall–Kier alpha value is -0.770. The van der Waals surface area contributed by atoms with Crippen molar-refractivity contribution >= 4 is 11.6 Å². The van der Waals surface area contributed by atoms with E-state index in [1.807, 2.05) is 0 Å². The zero-order valence-corrected chi connectivity index (χ0v) is 8.04. The number of benzene rings is 1. The molecule has 1 rings (SSSR count). The van der Waals surface area contributed by atoms with Crippen LogP contribution in [-0.2, 0) is 0 Å². The molecule has 4 N–H and O–H groups in total. The quantitative estimate of drug-likeness (QED) is 0.677. The van der Waals surface area contributed by atoms with Gasteiger partial charge in [-0.15, -0.1) is 0 Å². The lowest BCUT2D eigenvalue weighted by Gasteiger charge is -2.14. The van der Waals surface area contributed by atoms with Crippen molar-refractivity contribution in [2.75, 3.05) is 6.61 Å². The van der Waals surface area contributed by atoms with Crippen molar-refractivity contribution in [3.63, 3.8) is 0 Å². The van der Waals surface area contributed by atoms with Crippen LogP contribution >= 0.6 is 11.6 Å². The van der Waals surface area contributed by atoms with Crippen molar-refractivity contribution in [1.29, 1.82) is 0 Å². The van der Waals surface area contributed by atoms with E-state index in [1.165, 1.54) is 0 Å². The van der Waals surface area contributed by atoms with Gasteiger partial charge in [0.1, 0.15) is 5.75 Å². The van der Waals surface area contributed by atoms with E-state index in [0.29, 0.717) is 16.1 Å². The molecule has 0 spiro atoms. The van der Waals surface area contributed by atoms with Gasteiger partial charge in [-0.05, 0) is 18.6 Å². The summed E-state index contributed by atoms with van der Waals surface area (Å²) in [6.45, 7) is 1.51. The molecule has 0 aromatic heterocycles. The maximum Gasteiger partial charge on any atom is 0.124 e. The van der Waals surface area contributed by atoms with Gasteiger partial charge in [-0.2, -0.15) is 0 Å². The normalized spacial score (nSPS) is 12.9. The molecule has 1 aromatic carbocycles. The number of halogens is 1. The van der Waals surface area contributed by atoms with E-state index in [9.17, 15) is 5.11 Å². The minimum Gasteiger partial charge on any atom is -0.507 e. The van der Waals surface area contributed by atoms with E-state index in [1.54, 1.807) is 19.1 Å². The molecule has 0 saturated carbocycles. The second-order valence-electron chi connectivity index (χ2n) is 2.92. The molecule has 1 atom stereocenters. The molecule has 0 radical (unpaired) electrons. The first-order valence-corrected chi connectivity index (χ1v) is 4.30. The summed E-state index contributed by atoms with van der Waals surface area (Å²) in [4.78, 5) is 0. The third-order valence-electron chi connectivity index (χ3n) is 1.93. The number of aromatic hydroxyl groups is 1. The third kappa shape index (κ3) is 1.94. The number of aryl methyl sites for hydroxylation is 1. The smallest absolute Gasteiger partial charge is 0.124 e. The van der Waals surface area contributed by atoms with E-state index < -0.39 is 6.04 Å². The van der Waals surface area contributed by atoms with E-state index in [2.05, 4.69) is 0 Å². The fourth-order valence-electron chi connectivity index (χ4n) is 1.14. The van der Waals surface area contributed by atoms with Crippen LogP contribution in [0.25, 0.3) is 0 Å². The van der Waals surface area contributed by atoms with Gasteiger partial charge in [0.25, 0.3) is 0 Å². The van der Waals surface area contributed by atoms with Crippen LogP contribution in [0.1, 0.15) is 17.2 Å². The van der Waals surface area contributed by atoms with E-state index in [-0.39, 0.29) is 12.4 Å². The summed E-state index contributed by atoms with van der Waals surface area (Å²) >= 11 is 5.82. The van der Waals surface area contributed by atoms with Crippen molar-refractivity contribution in [3.8, 4) is 5.75 Å². The number of aliphatic hydroxyl groups is 1. The standard InChI is InChI=1S/C9H12ClNO2/c1-5-2-3-6(10)8(9(5)13)7(11)4-12/h2-3,7,12-13H,4,11H2,1H3/t7-/m1/s1. The summed E-state index contributed by atoms with van der Waals surface area (Å²) < 4.78 is 0. The summed E-state index contributed by atoms with van der Waals surface area (Å²) in [6.07, 6.45) is 0. The SMILES string of the molecule is Cc1ccc(Cl)c([C@H](N)CO)c1O. The highest BCUT2D eigenvalue weighted by atomic mass is 35.5. The molecule has 72 valence electrons. The fraction of sp³-hybridized carbons (Fsp3) is 0.333. The number of phenolic OH excluding ortho intramolecular Hbond substituents is 1. The predicted molar refractivity (Wildman–Crippen MR) is 51.9 cm³/mol. The van der Waals surface area contributed by atoms with Crippen LogP contribution in [0.5, 0.6) is 5.75 Å². The monoisotopic (exact) mass is 201 g/mol. The van der Waals surface area contributed by atoms with Gasteiger partial charge in [-0.1, -0.05) is 17.7 Å². The zero-order chi connectivity index (χ0) is 10.0. The molecule has 0 saturated heterocycles. The lowest BCUT2D eigenvalue weighted by molar-refractivity contribution is 0.265. The van der Waals surface area contributed by atoms with Crippen LogP contribution < -0.4 is 5.73 Å². The summed E-state index contributed by atoms with van der Waals surface area (Å²) in [6, 6.07) is 2.72. The lowest BCUT2D eigenvalue weighted by atomic mass is 10.0. The van der Waals surface area contributed by atoms with Gasteiger partial charge in [0.05, 0.1) is 12.6 Å². The average Bonchev–Trinajstić information content (AvgIpc) is 2.12. The van der Waals surface area contributed by atoms with Crippen LogP contribution in [0.2, 0.25) is 5.02 Å². The maximum atomic E-state index is 9.60. The molecule has 0 fully saturated rings. The highest BCUT2D eigenvalue weighted by molar-refractivity contribution is 6.31. The largest absolute Gasteiger partial charge is 0.507 e. The second-order valence-corrected chi connectivity index (χ2v) is 3.32. The number of nitrogens with two attached hydrogens (primary N) is 1. The Bertz CT molecular complexity index is 315. The summed E-state index contributed by atoms with van der Waals surface area (Å²) in [5.74, 6) is 0.0639. The Kier molecular flexibility index (Phi) is 3.14. The van der Waals surface area contributed by atoms with Crippen molar-refractivity contribution in [2.45, 2.75) is 13.0 Å². The molecule has 0 aliphatic rings. The molecule has 1 aromatic rings. The molecular weight excluding hydrogens is 190 g/mol. The molecule has 0 bridgehead atoms. The lowest BCUT2D eigenvalue weighted by Crippen LogP contribution is -2.15. The van der Waals surface area contributed by atoms with Crippen LogP contribution in [-0.4, -0.2) is 16.8 Å². The summed E-state index contributed by atoms with van der Waals surface area (Å²) in [5.41, 5.74) is 6.67. The minimum absolute atomic E-state index is 0.0639. The van der Waals surface area contributed by atoms with Crippen LogP contribution in [0.15, 0.2) is 12.1 Å². The first kappa shape index (κ1) is 10.3. The van der Waals surface area contributed by atoms with Gasteiger partial charge in [-0.3, -0.25) is 0 Å².